The fraction of sp³-hybridized carbons (Fsp3) is 0.188. The summed E-state index contributed by atoms with van der Waals surface area (Å²) in [5, 5.41) is 6.98. The maximum absolute atomic E-state index is 5.28. The Morgan fingerprint density at radius 3 is 2.76 bits per heavy atom. The van der Waals surface area contributed by atoms with Gasteiger partial charge in [0.1, 0.15) is 5.75 Å². The number of thiocarbonyl (C=S) groups is 1. The van der Waals surface area contributed by atoms with Gasteiger partial charge in [0.15, 0.2) is 5.11 Å². The minimum Gasteiger partial charge on any atom is -0.497 e. The number of benzene rings is 2. The van der Waals surface area contributed by atoms with Gasteiger partial charge in [-0.15, -0.1) is 0 Å². The van der Waals surface area contributed by atoms with Gasteiger partial charge in [-0.2, -0.15) is 0 Å². The average molecular weight is 365 g/mol. The van der Waals surface area contributed by atoms with Gasteiger partial charge < -0.3 is 15.4 Å². The molecule has 5 heteroatoms. The van der Waals surface area contributed by atoms with Gasteiger partial charge in [0.2, 0.25) is 0 Å². The Hall–Kier alpha value is -1.59. The summed E-state index contributed by atoms with van der Waals surface area (Å²) >= 11 is 8.71. The molecule has 0 aliphatic rings. The van der Waals surface area contributed by atoms with Crippen LogP contribution in [0.1, 0.15) is 5.56 Å². The van der Waals surface area contributed by atoms with Crippen molar-refractivity contribution in [2.75, 3.05) is 19.0 Å². The molecule has 2 aromatic rings. The molecule has 0 spiro atoms. The highest BCUT2D eigenvalue weighted by molar-refractivity contribution is 9.10. The van der Waals surface area contributed by atoms with Gasteiger partial charge in [0, 0.05) is 16.7 Å². The number of rotatable bonds is 5. The first kappa shape index (κ1) is 15.8. The molecule has 0 aliphatic heterocycles. The monoisotopic (exact) mass is 364 g/mol. The Kier molecular flexibility index (Phi) is 6.02. The van der Waals surface area contributed by atoms with Crippen LogP contribution in [0.4, 0.5) is 5.69 Å². The van der Waals surface area contributed by atoms with Crippen molar-refractivity contribution in [3.05, 3.63) is 58.6 Å². The largest absolute Gasteiger partial charge is 0.497 e. The quantitative estimate of drug-likeness (QED) is 0.786. The maximum atomic E-state index is 5.28. The molecule has 2 rings (SSSR count). The van der Waals surface area contributed by atoms with E-state index in [1.807, 2.05) is 42.5 Å². The van der Waals surface area contributed by atoms with Crippen LogP contribution >= 0.6 is 28.1 Å². The lowest BCUT2D eigenvalue weighted by Crippen LogP contribution is -2.30. The molecule has 0 saturated heterocycles. The van der Waals surface area contributed by atoms with Crippen molar-refractivity contribution in [3.63, 3.8) is 0 Å². The zero-order valence-corrected chi connectivity index (χ0v) is 14.1. The lowest BCUT2D eigenvalue weighted by molar-refractivity contribution is 0.414. The minimum absolute atomic E-state index is 0.621. The molecule has 0 heterocycles. The van der Waals surface area contributed by atoms with E-state index in [-0.39, 0.29) is 0 Å². The van der Waals surface area contributed by atoms with Gasteiger partial charge in [-0.3, -0.25) is 0 Å². The normalized spacial score (nSPS) is 10.0. The van der Waals surface area contributed by atoms with E-state index in [2.05, 4.69) is 32.6 Å². The predicted octanol–water partition coefficient (Wildman–Crippen LogP) is 3.99. The van der Waals surface area contributed by atoms with Crippen LogP contribution in [0.25, 0.3) is 0 Å². The van der Waals surface area contributed by atoms with Crippen LogP contribution in [0.2, 0.25) is 0 Å². The standard InChI is InChI=1S/C16H17BrN2OS/c1-20-15-7-2-4-12(10-15)8-9-18-16(21)19-14-6-3-5-13(17)11-14/h2-7,10-11H,8-9H2,1H3,(H2,18,19,21). The summed E-state index contributed by atoms with van der Waals surface area (Å²) in [6, 6.07) is 15.9. The Morgan fingerprint density at radius 2 is 2.00 bits per heavy atom. The Labute approximate surface area is 138 Å². The van der Waals surface area contributed by atoms with E-state index in [1.165, 1.54) is 5.56 Å². The number of halogens is 1. The molecule has 0 saturated carbocycles. The number of nitrogens with one attached hydrogen (secondary N) is 2. The third kappa shape index (κ3) is 5.36. The van der Waals surface area contributed by atoms with Crippen molar-refractivity contribution in [1.82, 2.24) is 5.32 Å². The van der Waals surface area contributed by atoms with Crippen LogP contribution in [-0.2, 0) is 6.42 Å². The lowest BCUT2D eigenvalue weighted by atomic mass is 10.1. The van der Waals surface area contributed by atoms with Crippen LogP contribution < -0.4 is 15.4 Å². The molecule has 0 amide bonds. The Morgan fingerprint density at radius 1 is 1.19 bits per heavy atom. The van der Waals surface area contributed by atoms with Crippen molar-refractivity contribution in [2.24, 2.45) is 0 Å². The zero-order chi connectivity index (χ0) is 15.1. The number of anilines is 1. The fourth-order valence-corrected chi connectivity index (χ4v) is 2.51. The SMILES string of the molecule is COc1cccc(CCNC(=S)Nc2cccc(Br)c2)c1. The third-order valence-corrected chi connectivity index (χ3v) is 3.66. The Bertz CT molecular complexity index is 619. The Balaban J connectivity index is 1.79. The number of hydrogen-bond donors (Lipinski definition) is 2. The van der Waals surface area contributed by atoms with Gasteiger partial charge in [0.05, 0.1) is 7.11 Å². The first-order chi connectivity index (χ1) is 10.2. The third-order valence-electron chi connectivity index (χ3n) is 2.92. The van der Waals surface area contributed by atoms with Crippen molar-refractivity contribution in [3.8, 4) is 5.75 Å². The highest BCUT2D eigenvalue weighted by Gasteiger charge is 1.99. The summed E-state index contributed by atoms with van der Waals surface area (Å²) in [6.45, 7) is 0.771. The molecule has 0 aliphatic carbocycles. The predicted molar refractivity (Wildman–Crippen MR) is 95.1 cm³/mol. The summed E-state index contributed by atoms with van der Waals surface area (Å²) in [5.74, 6) is 0.877. The average Bonchev–Trinajstić information content (AvgIpc) is 2.47. The van der Waals surface area contributed by atoms with E-state index in [0.717, 1.165) is 28.9 Å². The molecule has 0 unspecified atom stereocenters. The lowest BCUT2D eigenvalue weighted by Gasteiger charge is -2.11. The van der Waals surface area contributed by atoms with Crippen molar-refractivity contribution >= 4 is 38.9 Å². The van der Waals surface area contributed by atoms with Crippen LogP contribution in [0.15, 0.2) is 53.0 Å². The van der Waals surface area contributed by atoms with Gasteiger partial charge in [-0.1, -0.05) is 34.1 Å². The first-order valence-electron chi connectivity index (χ1n) is 6.61. The first-order valence-corrected chi connectivity index (χ1v) is 7.81. The van der Waals surface area contributed by atoms with Gasteiger partial charge >= 0.3 is 0 Å². The number of hydrogen-bond acceptors (Lipinski definition) is 2. The van der Waals surface area contributed by atoms with E-state index >= 15 is 0 Å². The molecule has 21 heavy (non-hydrogen) atoms. The second kappa shape index (κ2) is 8.00. The van der Waals surface area contributed by atoms with E-state index in [1.54, 1.807) is 7.11 Å². The van der Waals surface area contributed by atoms with Crippen LogP contribution in [0.3, 0.4) is 0 Å². The highest BCUT2D eigenvalue weighted by atomic mass is 79.9. The fourth-order valence-electron chi connectivity index (χ4n) is 1.89. The van der Waals surface area contributed by atoms with Crippen molar-refractivity contribution < 1.29 is 4.74 Å². The van der Waals surface area contributed by atoms with E-state index < -0.39 is 0 Å². The van der Waals surface area contributed by atoms with E-state index in [9.17, 15) is 0 Å². The zero-order valence-electron chi connectivity index (χ0n) is 11.7. The highest BCUT2D eigenvalue weighted by Crippen LogP contribution is 2.15. The second-order valence-electron chi connectivity index (χ2n) is 4.49. The molecule has 0 aromatic heterocycles. The summed E-state index contributed by atoms with van der Waals surface area (Å²) < 4.78 is 6.23. The molecule has 2 aromatic carbocycles. The maximum Gasteiger partial charge on any atom is 0.170 e. The molecule has 110 valence electrons. The van der Waals surface area contributed by atoms with Gasteiger partial charge in [-0.05, 0) is 54.5 Å². The van der Waals surface area contributed by atoms with Gasteiger partial charge in [-0.25, -0.2) is 0 Å². The smallest absolute Gasteiger partial charge is 0.170 e. The summed E-state index contributed by atoms with van der Waals surface area (Å²) in [7, 11) is 1.68. The number of ether oxygens (including phenoxy) is 1. The molecule has 0 atom stereocenters. The van der Waals surface area contributed by atoms with Crippen LogP contribution in [-0.4, -0.2) is 18.8 Å². The molecule has 2 N–H and O–H groups in total. The topological polar surface area (TPSA) is 33.3 Å². The number of methoxy groups -OCH3 is 1. The van der Waals surface area contributed by atoms with E-state index in [4.69, 9.17) is 17.0 Å². The molecule has 0 bridgehead atoms. The van der Waals surface area contributed by atoms with Crippen LogP contribution in [0, 0.1) is 0 Å². The molecule has 0 radical (unpaired) electrons. The molecule has 3 nitrogen and oxygen atoms in total. The van der Waals surface area contributed by atoms with Crippen molar-refractivity contribution in [2.45, 2.75) is 6.42 Å². The summed E-state index contributed by atoms with van der Waals surface area (Å²) in [5.41, 5.74) is 2.18. The minimum atomic E-state index is 0.621. The summed E-state index contributed by atoms with van der Waals surface area (Å²) in [4.78, 5) is 0. The van der Waals surface area contributed by atoms with Gasteiger partial charge in [0.25, 0.3) is 0 Å². The van der Waals surface area contributed by atoms with Crippen molar-refractivity contribution in [1.29, 1.82) is 0 Å². The second-order valence-corrected chi connectivity index (χ2v) is 5.82. The molecular formula is C16H17BrN2OS. The molecule has 0 fully saturated rings. The van der Waals surface area contributed by atoms with Crippen LogP contribution in [0.5, 0.6) is 5.75 Å². The summed E-state index contributed by atoms with van der Waals surface area (Å²) in [6.07, 6.45) is 0.886. The molecular weight excluding hydrogens is 348 g/mol. The van der Waals surface area contributed by atoms with E-state index in [0.29, 0.717) is 5.11 Å².